The number of ketones is 1. The number of aryl methyl sites for hydroxylation is 1. The molecule has 1 aromatic heterocycles. The second-order valence-electron chi connectivity index (χ2n) is 3.86. The maximum atomic E-state index is 11.9. The molecule has 1 fully saturated rings. The summed E-state index contributed by atoms with van der Waals surface area (Å²) >= 11 is 0. The number of carbonyl (C=O) groups is 1. The Morgan fingerprint density at radius 3 is 3.27 bits per heavy atom. The molecule has 2 heterocycles. The Morgan fingerprint density at radius 2 is 2.60 bits per heavy atom. The van der Waals surface area contributed by atoms with Crippen molar-refractivity contribution in [2.75, 3.05) is 6.61 Å². The molecule has 1 aliphatic heterocycles. The summed E-state index contributed by atoms with van der Waals surface area (Å²) < 4.78 is 7.16. The molecule has 0 amide bonds. The summed E-state index contributed by atoms with van der Waals surface area (Å²) in [5, 5.41) is 4.14. The predicted octanol–water partition coefficient (Wildman–Crippen LogP) is 1.65. The van der Waals surface area contributed by atoms with Gasteiger partial charge in [0.15, 0.2) is 5.78 Å². The fraction of sp³-hybridized carbons (Fsp3) is 0.636. The average molecular weight is 208 g/mol. The Bertz CT molecular complexity index is 340. The lowest BCUT2D eigenvalue weighted by molar-refractivity contribution is 0.0643. The third-order valence-electron chi connectivity index (χ3n) is 2.59. The van der Waals surface area contributed by atoms with Gasteiger partial charge in [0.05, 0.1) is 11.8 Å². The van der Waals surface area contributed by atoms with Gasteiger partial charge < -0.3 is 4.74 Å². The highest BCUT2D eigenvalue weighted by atomic mass is 16.5. The Labute approximate surface area is 89.2 Å². The van der Waals surface area contributed by atoms with Crippen molar-refractivity contribution in [3.63, 3.8) is 0 Å². The van der Waals surface area contributed by atoms with Gasteiger partial charge in [0, 0.05) is 19.3 Å². The van der Waals surface area contributed by atoms with Crippen LogP contribution in [-0.2, 0) is 11.3 Å². The van der Waals surface area contributed by atoms with E-state index >= 15 is 0 Å². The fourth-order valence-corrected chi connectivity index (χ4v) is 1.81. The molecule has 15 heavy (non-hydrogen) atoms. The molecule has 1 aromatic rings. The van der Waals surface area contributed by atoms with E-state index in [1.54, 1.807) is 6.20 Å². The van der Waals surface area contributed by atoms with Crippen LogP contribution in [0.25, 0.3) is 0 Å². The van der Waals surface area contributed by atoms with Crippen LogP contribution in [-0.4, -0.2) is 28.3 Å². The number of rotatable bonds is 4. The van der Waals surface area contributed by atoms with E-state index in [2.05, 4.69) is 12.0 Å². The van der Waals surface area contributed by atoms with E-state index < -0.39 is 0 Å². The molecule has 0 aromatic carbocycles. The number of carbonyl (C=O) groups excluding carboxylic acids is 1. The van der Waals surface area contributed by atoms with Crippen molar-refractivity contribution in [1.82, 2.24) is 9.78 Å². The zero-order valence-electron chi connectivity index (χ0n) is 8.98. The highest BCUT2D eigenvalue weighted by molar-refractivity contribution is 5.99. The number of Topliss-reactive ketones (excluding diaryl/α,β-unsaturated/α-hetero) is 1. The molecule has 0 saturated carbocycles. The summed E-state index contributed by atoms with van der Waals surface area (Å²) in [6.07, 6.45) is 6.07. The maximum absolute atomic E-state index is 11.9. The minimum Gasteiger partial charge on any atom is -0.370 e. The highest BCUT2D eigenvalue weighted by Crippen LogP contribution is 2.16. The minimum atomic E-state index is -0.232. The van der Waals surface area contributed by atoms with Gasteiger partial charge in [-0.3, -0.25) is 9.48 Å². The lowest BCUT2D eigenvalue weighted by Gasteiger charge is -2.05. The van der Waals surface area contributed by atoms with Crippen LogP contribution < -0.4 is 0 Å². The van der Waals surface area contributed by atoms with Crippen LogP contribution >= 0.6 is 0 Å². The van der Waals surface area contributed by atoms with Gasteiger partial charge in [0.25, 0.3) is 0 Å². The Hall–Kier alpha value is -1.16. The van der Waals surface area contributed by atoms with Gasteiger partial charge in [-0.15, -0.1) is 0 Å². The van der Waals surface area contributed by atoms with Gasteiger partial charge in [0.2, 0.25) is 0 Å². The smallest absolute Gasteiger partial charge is 0.194 e. The van der Waals surface area contributed by atoms with Crippen molar-refractivity contribution in [3.05, 3.63) is 18.0 Å². The van der Waals surface area contributed by atoms with Crippen molar-refractivity contribution in [2.24, 2.45) is 0 Å². The molecule has 1 aliphatic rings. The molecule has 82 valence electrons. The number of hydrogen-bond acceptors (Lipinski definition) is 3. The van der Waals surface area contributed by atoms with Gasteiger partial charge in [-0.1, -0.05) is 6.92 Å². The predicted molar refractivity (Wildman–Crippen MR) is 55.8 cm³/mol. The van der Waals surface area contributed by atoms with E-state index in [1.165, 1.54) is 0 Å². The normalized spacial score (nSPS) is 20.7. The van der Waals surface area contributed by atoms with Crippen LogP contribution in [0.2, 0.25) is 0 Å². The van der Waals surface area contributed by atoms with E-state index in [1.807, 2.05) is 10.9 Å². The lowest BCUT2D eigenvalue weighted by atomic mass is 10.1. The fourth-order valence-electron chi connectivity index (χ4n) is 1.81. The first-order valence-electron chi connectivity index (χ1n) is 5.49. The number of aromatic nitrogens is 2. The first kappa shape index (κ1) is 10.4. The first-order valence-corrected chi connectivity index (χ1v) is 5.49. The van der Waals surface area contributed by atoms with Crippen molar-refractivity contribution in [1.29, 1.82) is 0 Å². The van der Waals surface area contributed by atoms with E-state index in [4.69, 9.17) is 4.74 Å². The summed E-state index contributed by atoms with van der Waals surface area (Å²) in [4.78, 5) is 11.9. The summed E-state index contributed by atoms with van der Waals surface area (Å²) in [5.41, 5.74) is 0.676. The van der Waals surface area contributed by atoms with E-state index in [9.17, 15) is 4.79 Å². The molecule has 0 spiro atoms. The molecule has 1 atom stereocenters. The van der Waals surface area contributed by atoms with Crippen LogP contribution in [0.5, 0.6) is 0 Å². The van der Waals surface area contributed by atoms with Gasteiger partial charge in [-0.2, -0.15) is 5.10 Å². The monoisotopic (exact) mass is 208 g/mol. The quantitative estimate of drug-likeness (QED) is 0.707. The molecular weight excluding hydrogens is 192 g/mol. The standard InChI is InChI=1S/C11H16N2O2/c1-2-5-13-8-9(7-12-13)11(14)10-4-3-6-15-10/h7-8,10H,2-6H2,1H3. The highest BCUT2D eigenvalue weighted by Gasteiger charge is 2.25. The Kier molecular flexibility index (Phi) is 3.16. The van der Waals surface area contributed by atoms with Crippen molar-refractivity contribution < 1.29 is 9.53 Å². The van der Waals surface area contributed by atoms with Crippen molar-refractivity contribution in [2.45, 2.75) is 38.8 Å². The summed E-state index contributed by atoms with van der Waals surface area (Å²) in [6.45, 7) is 3.65. The maximum Gasteiger partial charge on any atom is 0.194 e. The first-order chi connectivity index (χ1) is 7.31. The average Bonchev–Trinajstić information content (AvgIpc) is 2.87. The van der Waals surface area contributed by atoms with Crippen LogP contribution in [0, 0.1) is 0 Å². The van der Waals surface area contributed by atoms with E-state index in [-0.39, 0.29) is 11.9 Å². The topological polar surface area (TPSA) is 44.1 Å². The van der Waals surface area contributed by atoms with Gasteiger partial charge in [-0.05, 0) is 19.3 Å². The van der Waals surface area contributed by atoms with Crippen LogP contribution in [0.4, 0.5) is 0 Å². The van der Waals surface area contributed by atoms with Crippen molar-refractivity contribution in [3.8, 4) is 0 Å². The summed E-state index contributed by atoms with van der Waals surface area (Å²) in [6, 6.07) is 0. The molecule has 2 rings (SSSR count). The third-order valence-corrected chi connectivity index (χ3v) is 2.59. The molecule has 4 nitrogen and oxygen atoms in total. The zero-order valence-corrected chi connectivity index (χ0v) is 8.98. The summed E-state index contributed by atoms with van der Waals surface area (Å²) in [7, 11) is 0. The molecule has 0 bridgehead atoms. The van der Waals surface area contributed by atoms with Gasteiger partial charge >= 0.3 is 0 Å². The molecule has 0 radical (unpaired) electrons. The second kappa shape index (κ2) is 4.57. The summed E-state index contributed by atoms with van der Waals surface area (Å²) in [5.74, 6) is 0.0786. The largest absolute Gasteiger partial charge is 0.370 e. The van der Waals surface area contributed by atoms with Crippen LogP contribution in [0.15, 0.2) is 12.4 Å². The Morgan fingerprint density at radius 1 is 1.73 bits per heavy atom. The number of nitrogens with zero attached hydrogens (tertiary/aromatic N) is 2. The molecule has 0 N–H and O–H groups in total. The number of ether oxygens (including phenoxy) is 1. The minimum absolute atomic E-state index is 0.0786. The second-order valence-corrected chi connectivity index (χ2v) is 3.86. The van der Waals surface area contributed by atoms with Crippen LogP contribution in [0.3, 0.4) is 0 Å². The molecule has 4 heteroatoms. The van der Waals surface area contributed by atoms with Gasteiger partial charge in [-0.25, -0.2) is 0 Å². The third kappa shape index (κ3) is 2.26. The van der Waals surface area contributed by atoms with E-state index in [0.717, 1.165) is 25.8 Å². The number of hydrogen-bond donors (Lipinski definition) is 0. The zero-order chi connectivity index (χ0) is 10.7. The molecule has 0 aliphatic carbocycles. The van der Waals surface area contributed by atoms with Gasteiger partial charge in [0.1, 0.15) is 6.10 Å². The van der Waals surface area contributed by atoms with Crippen LogP contribution in [0.1, 0.15) is 36.5 Å². The SMILES string of the molecule is CCCn1cc(C(=O)C2CCCO2)cn1. The lowest BCUT2D eigenvalue weighted by Crippen LogP contribution is -2.18. The Balaban J connectivity index is 2.04. The van der Waals surface area contributed by atoms with E-state index in [0.29, 0.717) is 12.2 Å². The molecular formula is C11H16N2O2. The molecule has 1 saturated heterocycles. The van der Waals surface area contributed by atoms with Crippen molar-refractivity contribution >= 4 is 5.78 Å². The molecule has 1 unspecified atom stereocenters.